The molecule has 2 aromatic carbocycles. The molecule has 0 aliphatic carbocycles. The molecule has 0 heterocycles. The van der Waals surface area contributed by atoms with Gasteiger partial charge < -0.3 is 10.1 Å². The van der Waals surface area contributed by atoms with Gasteiger partial charge in [0.25, 0.3) is 5.91 Å². The largest absolute Gasteiger partial charge is 0.452 e. The lowest BCUT2D eigenvalue weighted by Crippen LogP contribution is -2.30. The second-order valence-corrected chi connectivity index (χ2v) is 7.04. The fraction of sp³-hybridized carbons (Fsp3) is 0.222. The van der Waals surface area contributed by atoms with Crippen molar-refractivity contribution in [2.45, 2.75) is 5.75 Å². The van der Waals surface area contributed by atoms with Crippen molar-refractivity contribution in [2.75, 3.05) is 18.9 Å². The maximum Gasteiger partial charge on any atom is 0.340 e. The van der Waals surface area contributed by atoms with E-state index in [0.29, 0.717) is 11.6 Å². The third-order valence-corrected chi connectivity index (χ3v) is 4.74. The first kappa shape index (κ1) is 19.6. The van der Waals surface area contributed by atoms with Gasteiger partial charge in [-0.15, -0.1) is 0 Å². The molecule has 0 atom stereocenters. The van der Waals surface area contributed by atoms with E-state index in [1.807, 2.05) is 18.2 Å². The summed E-state index contributed by atoms with van der Waals surface area (Å²) >= 11 is 13.4. The normalized spacial score (nSPS) is 10.3. The van der Waals surface area contributed by atoms with Crippen molar-refractivity contribution >= 4 is 46.8 Å². The van der Waals surface area contributed by atoms with E-state index in [-0.39, 0.29) is 23.1 Å². The predicted molar refractivity (Wildman–Crippen MR) is 102 cm³/mol. The van der Waals surface area contributed by atoms with Crippen molar-refractivity contribution in [3.63, 3.8) is 0 Å². The third-order valence-electron chi connectivity index (χ3n) is 3.17. The topological polar surface area (TPSA) is 55.4 Å². The number of carbonyl (C=O) groups is 2. The quantitative estimate of drug-likeness (QED) is 0.535. The molecule has 0 radical (unpaired) electrons. The molecule has 0 aromatic heterocycles. The number of ether oxygens (including phenoxy) is 1. The molecular formula is C18H17Cl2NO3S. The Morgan fingerprint density at radius 3 is 2.56 bits per heavy atom. The fourth-order valence-electron chi connectivity index (χ4n) is 1.94. The molecule has 0 spiro atoms. The van der Waals surface area contributed by atoms with E-state index >= 15 is 0 Å². The number of amides is 1. The van der Waals surface area contributed by atoms with Crippen LogP contribution in [0.2, 0.25) is 10.0 Å². The zero-order valence-electron chi connectivity index (χ0n) is 13.3. The van der Waals surface area contributed by atoms with Gasteiger partial charge in [-0.25, -0.2) is 4.79 Å². The number of rotatable bonds is 8. The summed E-state index contributed by atoms with van der Waals surface area (Å²) in [7, 11) is 0. The van der Waals surface area contributed by atoms with Crippen LogP contribution in [-0.2, 0) is 15.3 Å². The molecule has 7 heteroatoms. The number of benzene rings is 2. The first-order valence-corrected chi connectivity index (χ1v) is 9.48. The highest BCUT2D eigenvalue weighted by Crippen LogP contribution is 2.21. The van der Waals surface area contributed by atoms with E-state index in [1.54, 1.807) is 11.8 Å². The molecule has 2 rings (SSSR count). The summed E-state index contributed by atoms with van der Waals surface area (Å²) in [6.45, 7) is 0.163. The first-order chi connectivity index (χ1) is 12.1. The van der Waals surface area contributed by atoms with Crippen LogP contribution >= 0.6 is 35.0 Å². The Morgan fingerprint density at radius 1 is 1.08 bits per heavy atom. The van der Waals surface area contributed by atoms with Gasteiger partial charge in [-0.1, -0.05) is 53.5 Å². The smallest absolute Gasteiger partial charge is 0.340 e. The molecule has 0 saturated carbocycles. The number of thioether (sulfide) groups is 1. The maximum absolute atomic E-state index is 11.9. The first-order valence-electron chi connectivity index (χ1n) is 7.57. The molecule has 1 amide bonds. The zero-order chi connectivity index (χ0) is 18.1. The van der Waals surface area contributed by atoms with Crippen LogP contribution in [0.3, 0.4) is 0 Å². The summed E-state index contributed by atoms with van der Waals surface area (Å²) in [6, 6.07) is 14.5. The minimum atomic E-state index is -0.657. The molecule has 132 valence electrons. The molecule has 0 bridgehead atoms. The van der Waals surface area contributed by atoms with E-state index in [0.717, 1.165) is 11.5 Å². The van der Waals surface area contributed by atoms with Crippen molar-refractivity contribution in [1.82, 2.24) is 5.32 Å². The van der Waals surface area contributed by atoms with E-state index in [1.165, 1.54) is 23.8 Å². The summed E-state index contributed by atoms with van der Waals surface area (Å²) in [5.74, 6) is 0.659. The highest BCUT2D eigenvalue weighted by atomic mass is 35.5. The van der Waals surface area contributed by atoms with Crippen LogP contribution in [0.15, 0.2) is 48.5 Å². The van der Waals surface area contributed by atoms with Gasteiger partial charge in [-0.05, 0) is 23.8 Å². The maximum atomic E-state index is 11.9. The third kappa shape index (κ3) is 6.98. The molecule has 1 N–H and O–H groups in total. The number of hydrogen-bond donors (Lipinski definition) is 1. The molecule has 0 aliphatic heterocycles. The highest BCUT2D eigenvalue weighted by Gasteiger charge is 2.13. The van der Waals surface area contributed by atoms with Gasteiger partial charge >= 0.3 is 5.97 Å². The van der Waals surface area contributed by atoms with Crippen molar-refractivity contribution in [3.05, 3.63) is 69.7 Å². The molecule has 0 fully saturated rings. The van der Waals surface area contributed by atoms with Gasteiger partial charge in [-0.2, -0.15) is 11.8 Å². The van der Waals surface area contributed by atoms with Crippen LogP contribution in [0.25, 0.3) is 0 Å². The number of esters is 1. The lowest BCUT2D eigenvalue weighted by Gasteiger charge is -2.08. The number of hydrogen-bond acceptors (Lipinski definition) is 4. The molecule has 0 aliphatic rings. The number of carbonyl (C=O) groups excluding carboxylic acids is 2. The molecule has 4 nitrogen and oxygen atoms in total. The van der Waals surface area contributed by atoms with Gasteiger partial charge in [0.05, 0.1) is 10.6 Å². The van der Waals surface area contributed by atoms with Crippen molar-refractivity contribution < 1.29 is 14.3 Å². The SMILES string of the molecule is O=C(COC(=O)c1ccc(Cl)cc1Cl)NCCSCc1ccccc1. The summed E-state index contributed by atoms with van der Waals surface area (Å²) in [4.78, 5) is 23.6. The zero-order valence-corrected chi connectivity index (χ0v) is 15.7. The summed E-state index contributed by atoms with van der Waals surface area (Å²) in [5, 5.41) is 3.32. The van der Waals surface area contributed by atoms with Crippen LogP contribution < -0.4 is 5.32 Å². The van der Waals surface area contributed by atoms with Crippen LogP contribution in [0.5, 0.6) is 0 Å². The Bertz CT molecular complexity index is 726. The fourth-order valence-corrected chi connectivity index (χ4v) is 3.25. The van der Waals surface area contributed by atoms with Crippen LogP contribution in [0.4, 0.5) is 0 Å². The second-order valence-electron chi connectivity index (χ2n) is 5.09. The standard InChI is InChI=1S/C18H17Cl2NO3S/c19-14-6-7-15(16(20)10-14)18(23)24-11-17(22)21-8-9-25-12-13-4-2-1-3-5-13/h1-7,10H,8-9,11-12H2,(H,21,22). The molecular weight excluding hydrogens is 381 g/mol. The molecule has 0 unspecified atom stereocenters. The molecule has 2 aromatic rings. The average molecular weight is 398 g/mol. The van der Waals surface area contributed by atoms with Gasteiger partial charge in [-0.3, -0.25) is 4.79 Å². The number of halogens is 2. The van der Waals surface area contributed by atoms with E-state index in [4.69, 9.17) is 27.9 Å². The van der Waals surface area contributed by atoms with E-state index in [2.05, 4.69) is 17.4 Å². The Balaban J connectivity index is 1.62. The monoisotopic (exact) mass is 397 g/mol. The van der Waals surface area contributed by atoms with E-state index in [9.17, 15) is 9.59 Å². The van der Waals surface area contributed by atoms with Crippen molar-refractivity contribution in [2.24, 2.45) is 0 Å². The van der Waals surface area contributed by atoms with Crippen LogP contribution in [0.1, 0.15) is 15.9 Å². The average Bonchev–Trinajstić information content (AvgIpc) is 2.60. The molecule has 0 saturated heterocycles. The van der Waals surface area contributed by atoms with Gasteiger partial charge in [0.15, 0.2) is 6.61 Å². The van der Waals surface area contributed by atoms with Crippen molar-refractivity contribution in [1.29, 1.82) is 0 Å². The van der Waals surface area contributed by atoms with Gasteiger partial charge in [0.1, 0.15) is 0 Å². The lowest BCUT2D eigenvalue weighted by atomic mass is 10.2. The summed E-state index contributed by atoms with van der Waals surface area (Å²) in [6.07, 6.45) is 0. The summed E-state index contributed by atoms with van der Waals surface area (Å²) < 4.78 is 4.95. The van der Waals surface area contributed by atoms with Gasteiger partial charge in [0, 0.05) is 23.1 Å². The Kier molecular flexibility index (Phi) is 8.12. The Labute approximate surface area is 160 Å². The Morgan fingerprint density at radius 2 is 1.84 bits per heavy atom. The summed E-state index contributed by atoms with van der Waals surface area (Å²) in [5.41, 5.74) is 1.42. The minimum Gasteiger partial charge on any atom is -0.452 e. The van der Waals surface area contributed by atoms with E-state index < -0.39 is 5.97 Å². The van der Waals surface area contributed by atoms with Crippen LogP contribution in [-0.4, -0.2) is 30.8 Å². The minimum absolute atomic E-state index is 0.178. The van der Waals surface area contributed by atoms with Crippen molar-refractivity contribution in [3.8, 4) is 0 Å². The highest BCUT2D eigenvalue weighted by molar-refractivity contribution is 7.98. The van der Waals surface area contributed by atoms with Crippen LogP contribution in [0, 0.1) is 0 Å². The second kappa shape index (κ2) is 10.3. The predicted octanol–water partition coefficient (Wildman–Crippen LogP) is 4.20. The van der Waals surface area contributed by atoms with Gasteiger partial charge in [0.2, 0.25) is 0 Å². The Hall–Kier alpha value is -1.69. The number of nitrogens with one attached hydrogen (secondary N) is 1. The lowest BCUT2D eigenvalue weighted by molar-refractivity contribution is -0.124. The molecule has 25 heavy (non-hydrogen) atoms.